The monoisotopic (exact) mass is 291 g/mol. The number of rotatable bonds is 5. The second kappa shape index (κ2) is 6.98. The van der Waals surface area contributed by atoms with Gasteiger partial charge in [0.15, 0.2) is 0 Å². The van der Waals surface area contributed by atoms with Crippen molar-refractivity contribution in [2.45, 2.75) is 65.5 Å². The lowest BCUT2D eigenvalue weighted by atomic mass is 9.84. The Morgan fingerprint density at radius 3 is 2.86 bits per heavy atom. The van der Waals surface area contributed by atoms with Gasteiger partial charge in [-0.3, -0.25) is 15.1 Å². The summed E-state index contributed by atoms with van der Waals surface area (Å²) in [6, 6.07) is 0.519. The van der Waals surface area contributed by atoms with Gasteiger partial charge in [-0.05, 0) is 32.6 Å². The Morgan fingerprint density at radius 2 is 2.19 bits per heavy atom. The van der Waals surface area contributed by atoms with E-state index in [0.717, 1.165) is 11.6 Å². The lowest BCUT2D eigenvalue weighted by Gasteiger charge is -2.29. The molecule has 1 aliphatic carbocycles. The van der Waals surface area contributed by atoms with Gasteiger partial charge >= 0.3 is 0 Å². The zero-order valence-corrected chi connectivity index (χ0v) is 13.2. The van der Waals surface area contributed by atoms with Crippen molar-refractivity contribution in [3.05, 3.63) is 33.1 Å². The zero-order chi connectivity index (χ0) is 15.4. The first-order chi connectivity index (χ1) is 10.0. The number of nitrogens with zero attached hydrogens (tertiary/aromatic N) is 2. The molecule has 0 spiro atoms. The average molecular weight is 291 g/mol. The predicted molar refractivity (Wildman–Crippen MR) is 83.2 cm³/mol. The lowest BCUT2D eigenvalue weighted by Crippen LogP contribution is -2.34. The molecule has 1 N–H and O–H groups in total. The maximum Gasteiger partial charge on any atom is 0.278 e. The van der Waals surface area contributed by atoms with Crippen molar-refractivity contribution in [1.82, 2.24) is 10.3 Å². The summed E-state index contributed by atoms with van der Waals surface area (Å²) in [5, 5.41) is 14.7. The summed E-state index contributed by atoms with van der Waals surface area (Å²) in [5.74, 6) is 0.817. The second-order valence-corrected chi connectivity index (χ2v) is 6.14. The van der Waals surface area contributed by atoms with E-state index in [-0.39, 0.29) is 10.6 Å². The molecular formula is C16H25N3O2. The molecular weight excluding hydrogens is 266 g/mol. The minimum atomic E-state index is -0.302. The van der Waals surface area contributed by atoms with Crippen LogP contribution in [0.15, 0.2) is 6.20 Å². The summed E-state index contributed by atoms with van der Waals surface area (Å²) >= 11 is 0. The number of hydrogen-bond donors (Lipinski definition) is 1. The van der Waals surface area contributed by atoms with Crippen molar-refractivity contribution in [3.63, 3.8) is 0 Å². The molecule has 2 unspecified atom stereocenters. The molecule has 0 bridgehead atoms. The molecule has 2 atom stereocenters. The minimum absolute atomic E-state index is 0.205. The van der Waals surface area contributed by atoms with Crippen LogP contribution in [0.4, 0.5) is 5.69 Å². The third kappa shape index (κ3) is 3.79. The van der Waals surface area contributed by atoms with Gasteiger partial charge in [0.2, 0.25) is 0 Å². The topological polar surface area (TPSA) is 68.1 Å². The Morgan fingerprint density at radius 1 is 1.43 bits per heavy atom. The average Bonchev–Trinajstić information content (AvgIpc) is 2.46. The van der Waals surface area contributed by atoms with Gasteiger partial charge in [-0.25, -0.2) is 0 Å². The normalized spacial score (nSPS) is 22.2. The van der Waals surface area contributed by atoms with E-state index < -0.39 is 0 Å². The Kier molecular flexibility index (Phi) is 5.28. The van der Waals surface area contributed by atoms with Crippen LogP contribution in [0.5, 0.6) is 0 Å². The lowest BCUT2D eigenvalue weighted by molar-refractivity contribution is -0.386. The Balaban J connectivity index is 2.03. The number of nitro groups is 1. The van der Waals surface area contributed by atoms with Gasteiger partial charge in [0.05, 0.1) is 10.6 Å². The largest absolute Gasteiger partial charge is 0.308 e. The fourth-order valence-electron chi connectivity index (χ4n) is 3.31. The number of aryl methyl sites for hydroxylation is 1. The summed E-state index contributed by atoms with van der Waals surface area (Å²) < 4.78 is 0. The van der Waals surface area contributed by atoms with E-state index in [4.69, 9.17) is 0 Å². The van der Waals surface area contributed by atoms with Crippen LogP contribution in [-0.4, -0.2) is 15.9 Å². The Labute approximate surface area is 126 Å². The summed E-state index contributed by atoms with van der Waals surface area (Å²) in [7, 11) is 0. The van der Waals surface area contributed by atoms with Crippen molar-refractivity contribution < 1.29 is 4.92 Å². The van der Waals surface area contributed by atoms with Crippen molar-refractivity contribution in [2.24, 2.45) is 5.92 Å². The molecule has 0 radical (unpaired) electrons. The summed E-state index contributed by atoms with van der Waals surface area (Å²) in [6.45, 7) is 6.41. The Hall–Kier alpha value is -1.49. The molecule has 5 nitrogen and oxygen atoms in total. The maximum atomic E-state index is 11.1. The minimum Gasteiger partial charge on any atom is -0.308 e. The molecule has 0 amide bonds. The van der Waals surface area contributed by atoms with E-state index in [1.54, 1.807) is 20.0 Å². The van der Waals surface area contributed by atoms with Crippen molar-refractivity contribution >= 4 is 5.69 Å². The number of nitrogens with one attached hydrogen (secondary N) is 1. The van der Waals surface area contributed by atoms with E-state index in [0.29, 0.717) is 23.7 Å². The smallest absolute Gasteiger partial charge is 0.278 e. The summed E-state index contributed by atoms with van der Waals surface area (Å²) in [6.07, 6.45) is 7.87. The van der Waals surface area contributed by atoms with Crippen molar-refractivity contribution in [2.75, 3.05) is 0 Å². The maximum absolute atomic E-state index is 11.1. The molecule has 1 saturated carbocycles. The predicted octanol–water partition coefficient (Wildman–Crippen LogP) is 3.67. The highest BCUT2D eigenvalue weighted by molar-refractivity contribution is 5.47. The molecule has 1 fully saturated rings. The van der Waals surface area contributed by atoms with Crippen LogP contribution in [0.25, 0.3) is 0 Å². The molecule has 21 heavy (non-hydrogen) atoms. The first-order valence-corrected chi connectivity index (χ1v) is 7.85. The van der Waals surface area contributed by atoms with E-state index >= 15 is 0 Å². The standard InChI is InChI=1S/C16H25N3O2/c1-4-13-6-5-7-14(8-13)17-10-15-12(3)16(19(20)21)11(2)9-18-15/h9,13-14,17H,4-8,10H2,1-3H3. The number of hydrogen-bond acceptors (Lipinski definition) is 4. The summed E-state index contributed by atoms with van der Waals surface area (Å²) in [4.78, 5) is 15.2. The molecule has 1 aromatic heterocycles. The van der Waals surface area contributed by atoms with Crippen LogP contribution in [0, 0.1) is 29.9 Å². The molecule has 5 heteroatoms. The van der Waals surface area contributed by atoms with E-state index in [9.17, 15) is 10.1 Å². The van der Waals surface area contributed by atoms with Crippen LogP contribution >= 0.6 is 0 Å². The van der Waals surface area contributed by atoms with Crippen molar-refractivity contribution in [3.8, 4) is 0 Å². The van der Waals surface area contributed by atoms with Crippen LogP contribution in [0.1, 0.15) is 55.8 Å². The van der Waals surface area contributed by atoms with Crippen molar-refractivity contribution in [1.29, 1.82) is 0 Å². The highest BCUT2D eigenvalue weighted by Gasteiger charge is 2.22. The molecule has 1 aliphatic rings. The van der Waals surface area contributed by atoms with Gasteiger partial charge < -0.3 is 5.32 Å². The zero-order valence-electron chi connectivity index (χ0n) is 13.2. The van der Waals surface area contributed by atoms with Gasteiger partial charge in [-0.1, -0.05) is 26.2 Å². The van der Waals surface area contributed by atoms with E-state index in [2.05, 4.69) is 17.2 Å². The SMILES string of the molecule is CCC1CCCC(NCc2ncc(C)c([N+](=O)[O-])c2C)C1. The Bertz CT molecular complexity index is 516. The van der Waals surface area contributed by atoms with Crippen LogP contribution < -0.4 is 5.32 Å². The first-order valence-electron chi connectivity index (χ1n) is 7.85. The fraction of sp³-hybridized carbons (Fsp3) is 0.688. The fourth-order valence-corrected chi connectivity index (χ4v) is 3.31. The van der Waals surface area contributed by atoms with Gasteiger partial charge in [0.25, 0.3) is 5.69 Å². The van der Waals surface area contributed by atoms with Gasteiger partial charge in [0, 0.05) is 29.9 Å². The third-order valence-electron chi connectivity index (χ3n) is 4.68. The van der Waals surface area contributed by atoms with Crippen LogP contribution in [0.2, 0.25) is 0 Å². The first kappa shape index (κ1) is 15.9. The molecule has 0 saturated heterocycles. The molecule has 2 rings (SSSR count). The number of pyridine rings is 1. The second-order valence-electron chi connectivity index (χ2n) is 6.14. The van der Waals surface area contributed by atoms with Crippen LogP contribution in [-0.2, 0) is 6.54 Å². The molecule has 1 heterocycles. The van der Waals surface area contributed by atoms with E-state index in [1.807, 2.05) is 0 Å². The molecule has 116 valence electrons. The van der Waals surface area contributed by atoms with Gasteiger partial charge in [0.1, 0.15) is 0 Å². The highest BCUT2D eigenvalue weighted by Crippen LogP contribution is 2.27. The molecule has 1 aromatic rings. The molecule has 0 aromatic carbocycles. The van der Waals surface area contributed by atoms with Gasteiger partial charge in [-0.15, -0.1) is 0 Å². The van der Waals surface area contributed by atoms with E-state index in [1.165, 1.54) is 32.1 Å². The third-order valence-corrected chi connectivity index (χ3v) is 4.68. The van der Waals surface area contributed by atoms with Crippen LogP contribution in [0.3, 0.4) is 0 Å². The summed E-state index contributed by atoms with van der Waals surface area (Å²) in [5.41, 5.74) is 2.32. The highest BCUT2D eigenvalue weighted by atomic mass is 16.6. The van der Waals surface area contributed by atoms with Gasteiger partial charge in [-0.2, -0.15) is 0 Å². The molecule has 0 aliphatic heterocycles. The number of aromatic nitrogens is 1. The quantitative estimate of drug-likeness (QED) is 0.664.